The highest BCUT2D eigenvalue weighted by atomic mass is 16.5. The highest BCUT2D eigenvalue weighted by molar-refractivity contribution is 5.76. The van der Waals surface area contributed by atoms with Crippen LogP contribution in [-0.4, -0.2) is 20.6 Å². The fourth-order valence-electron chi connectivity index (χ4n) is 0.957. The maximum absolute atomic E-state index is 10.1. The summed E-state index contributed by atoms with van der Waals surface area (Å²) >= 11 is 0. The van der Waals surface area contributed by atoms with Gasteiger partial charge in [-0.05, 0) is 12.1 Å². The molecular formula is C9H10NO3. The summed E-state index contributed by atoms with van der Waals surface area (Å²) in [5.41, 5.74) is 0.568. The molecule has 0 saturated carbocycles. The molecule has 0 aliphatic carbocycles. The number of carbonyl (C=O) groups excluding carboxylic acids is 1. The number of methoxy groups -OCH3 is 2. The first-order valence-electron chi connectivity index (χ1n) is 3.67. The number of hydrogen-bond acceptors (Lipinski definition) is 3. The van der Waals surface area contributed by atoms with Gasteiger partial charge in [-0.3, -0.25) is 4.79 Å². The number of amides is 1. The van der Waals surface area contributed by atoms with E-state index in [4.69, 9.17) is 9.47 Å². The molecule has 0 spiro atoms. The molecule has 0 bridgehead atoms. The summed E-state index contributed by atoms with van der Waals surface area (Å²) in [5, 5.41) is 2.39. The molecule has 1 amide bonds. The molecule has 0 heterocycles. The number of nitrogens with one attached hydrogen (secondary N) is 1. The van der Waals surface area contributed by atoms with Crippen molar-refractivity contribution in [1.29, 1.82) is 0 Å². The van der Waals surface area contributed by atoms with Crippen molar-refractivity contribution >= 4 is 12.1 Å². The smallest absolute Gasteiger partial charge is 0.314 e. The summed E-state index contributed by atoms with van der Waals surface area (Å²) in [5.74, 6) is 1.22. The van der Waals surface area contributed by atoms with Crippen molar-refractivity contribution in [2.24, 2.45) is 0 Å². The summed E-state index contributed by atoms with van der Waals surface area (Å²) in [6, 6.07) is 5.09. The second-order valence-corrected chi connectivity index (χ2v) is 2.29. The van der Waals surface area contributed by atoms with Gasteiger partial charge in [0, 0.05) is 6.07 Å². The van der Waals surface area contributed by atoms with Crippen molar-refractivity contribution in [3.63, 3.8) is 0 Å². The quantitative estimate of drug-likeness (QED) is 0.708. The second kappa shape index (κ2) is 4.35. The Labute approximate surface area is 76.5 Å². The van der Waals surface area contributed by atoms with Crippen molar-refractivity contribution in [2.45, 2.75) is 0 Å². The molecule has 1 aromatic carbocycles. The van der Waals surface area contributed by atoms with E-state index in [1.807, 2.05) is 0 Å². The van der Waals surface area contributed by atoms with Gasteiger partial charge in [-0.25, -0.2) is 0 Å². The Kier molecular flexibility index (Phi) is 3.14. The molecule has 1 aromatic rings. The van der Waals surface area contributed by atoms with E-state index < -0.39 is 0 Å². The first-order valence-corrected chi connectivity index (χ1v) is 3.67. The van der Waals surface area contributed by atoms with Gasteiger partial charge in [-0.15, -0.1) is 0 Å². The third kappa shape index (κ3) is 2.11. The molecule has 0 fully saturated rings. The predicted molar refractivity (Wildman–Crippen MR) is 48.9 cm³/mol. The molecule has 0 atom stereocenters. The Morgan fingerprint density at radius 2 is 2.08 bits per heavy atom. The van der Waals surface area contributed by atoms with Gasteiger partial charge >= 0.3 is 6.41 Å². The summed E-state index contributed by atoms with van der Waals surface area (Å²) in [6.07, 6.45) is 1.58. The third-order valence-corrected chi connectivity index (χ3v) is 1.59. The molecular weight excluding hydrogens is 170 g/mol. The molecule has 1 rings (SSSR count). The largest absolute Gasteiger partial charge is 0.497 e. The lowest BCUT2D eigenvalue weighted by molar-refractivity contribution is 0.395. The minimum Gasteiger partial charge on any atom is -0.497 e. The van der Waals surface area contributed by atoms with Crippen LogP contribution in [0.3, 0.4) is 0 Å². The van der Waals surface area contributed by atoms with E-state index in [0.717, 1.165) is 0 Å². The van der Waals surface area contributed by atoms with Crippen molar-refractivity contribution < 1.29 is 14.3 Å². The Balaban J connectivity index is 3.00. The SMILES string of the molecule is COc1ccc(N[C]=O)c(OC)c1. The van der Waals surface area contributed by atoms with Crippen LogP contribution in [0, 0.1) is 0 Å². The Morgan fingerprint density at radius 3 is 2.62 bits per heavy atom. The molecule has 4 heteroatoms. The third-order valence-electron chi connectivity index (χ3n) is 1.59. The molecule has 1 radical (unpaired) electrons. The van der Waals surface area contributed by atoms with Gasteiger partial charge in [0.05, 0.1) is 19.9 Å². The zero-order valence-corrected chi connectivity index (χ0v) is 7.46. The van der Waals surface area contributed by atoms with Crippen LogP contribution in [0.1, 0.15) is 0 Å². The minimum atomic E-state index is 0.544. The Morgan fingerprint density at radius 1 is 1.31 bits per heavy atom. The molecule has 69 valence electrons. The zero-order chi connectivity index (χ0) is 9.68. The van der Waals surface area contributed by atoms with Crippen molar-refractivity contribution in [3.05, 3.63) is 18.2 Å². The fraction of sp³-hybridized carbons (Fsp3) is 0.222. The number of ether oxygens (including phenoxy) is 2. The van der Waals surface area contributed by atoms with Crippen LogP contribution in [0.25, 0.3) is 0 Å². The first kappa shape index (κ1) is 9.38. The van der Waals surface area contributed by atoms with E-state index in [0.29, 0.717) is 17.2 Å². The minimum absolute atomic E-state index is 0.544. The summed E-state index contributed by atoms with van der Waals surface area (Å²) in [6.45, 7) is 0. The summed E-state index contributed by atoms with van der Waals surface area (Å²) in [7, 11) is 3.08. The molecule has 1 N–H and O–H groups in total. The molecule has 0 aliphatic heterocycles. The van der Waals surface area contributed by atoms with Gasteiger partial charge in [-0.1, -0.05) is 0 Å². The van der Waals surface area contributed by atoms with E-state index in [1.54, 1.807) is 31.7 Å². The van der Waals surface area contributed by atoms with E-state index in [9.17, 15) is 4.79 Å². The maximum Gasteiger partial charge on any atom is 0.314 e. The van der Waals surface area contributed by atoms with Crippen molar-refractivity contribution in [3.8, 4) is 11.5 Å². The van der Waals surface area contributed by atoms with Crippen LogP contribution in [0.4, 0.5) is 5.69 Å². The lowest BCUT2D eigenvalue weighted by atomic mass is 10.3. The normalized spacial score (nSPS) is 9.08. The van der Waals surface area contributed by atoms with Gasteiger partial charge in [-0.2, -0.15) is 0 Å². The maximum atomic E-state index is 10.1. The van der Waals surface area contributed by atoms with Crippen LogP contribution in [0.2, 0.25) is 0 Å². The number of hydrogen-bond donors (Lipinski definition) is 1. The first-order chi connectivity index (χ1) is 6.31. The van der Waals surface area contributed by atoms with E-state index >= 15 is 0 Å². The van der Waals surface area contributed by atoms with Gasteiger partial charge in [0.1, 0.15) is 11.5 Å². The lowest BCUT2D eigenvalue weighted by Crippen LogP contribution is -1.97. The van der Waals surface area contributed by atoms with E-state index in [-0.39, 0.29) is 0 Å². The second-order valence-electron chi connectivity index (χ2n) is 2.29. The molecule has 0 saturated heterocycles. The Bertz CT molecular complexity index is 299. The Hall–Kier alpha value is -1.71. The molecule has 13 heavy (non-hydrogen) atoms. The average Bonchev–Trinajstić information content (AvgIpc) is 2.19. The van der Waals surface area contributed by atoms with Crippen LogP contribution >= 0.6 is 0 Å². The summed E-state index contributed by atoms with van der Waals surface area (Å²) in [4.78, 5) is 10.1. The van der Waals surface area contributed by atoms with Gasteiger partial charge in [0.15, 0.2) is 0 Å². The molecule has 0 unspecified atom stereocenters. The molecule has 4 nitrogen and oxygen atoms in total. The number of rotatable bonds is 4. The van der Waals surface area contributed by atoms with Crippen molar-refractivity contribution in [1.82, 2.24) is 0 Å². The van der Waals surface area contributed by atoms with Crippen LogP contribution in [0.5, 0.6) is 11.5 Å². The average molecular weight is 180 g/mol. The highest BCUT2D eigenvalue weighted by Gasteiger charge is 2.03. The molecule has 0 aromatic heterocycles. The number of benzene rings is 1. The molecule has 0 aliphatic rings. The standard InChI is InChI=1S/C9H10NO3/c1-12-7-3-4-8(10-6-11)9(5-7)13-2/h3-5H,1-2H3,(H,10,11). The van der Waals surface area contributed by atoms with E-state index in [1.165, 1.54) is 7.11 Å². The van der Waals surface area contributed by atoms with E-state index in [2.05, 4.69) is 5.32 Å². The number of anilines is 1. The fourth-order valence-corrected chi connectivity index (χ4v) is 0.957. The monoisotopic (exact) mass is 180 g/mol. The predicted octanol–water partition coefficient (Wildman–Crippen LogP) is 1.18. The topological polar surface area (TPSA) is 47.6 Å². The van der Waals surface area contributed by atoms with Gasteiger partial charge in [0.25, 0.3) is 0 Å². The zero-order valence-electron chi connectivity index (χ0n) is 7.46. The van der Waals surface area contributed by atoms with Gasteiger partial charge in [0.2, 0.25) is 0 Å². The van der Waals surface area contributed by atoms with Crippen molar-refractivity contribution in [2.75, 3.05) is 19.5 Å². The van der Waals surface area contributed by atoms with Crippen LogP contribution in [0.15, 0.2) is 18.2 Å². The summed E-state index contributed by atoms with van der Waals surface area (Å²) < 4.78 is 10.0. The lowest BCUT2D eigenvalue weighted by Gasteiger charge is -2.08. The highest BCUT2D eigenvalue weighted by Crippen LogP contribution is 2.28. The van der Waals surface area contributed by atoms with Gasteiger partial charge < -0.3 is 14.8 Å². The van der Waals surface area contributed by atoms with Crippen LogP contribution < -0.4 is 14.8 Å². The van der Waals surface area contributed by atoms with Crippen LogP contribution in [-0.2, 0) is 4.79 Å².